The molecule has 0 bridgehead atoms. The van der Waals surface area contributed by atoms with Gasteiger partial charge in [0.05, 0.1) is 6.07 Å². The summed E-state index contributed by atoms with van der Waals surface area (Å²) in [5.41, 5.74) is 5.18. The summed E-state index contributed by atoms with van der Waals surface area (Å²) in [6.07, 6.45) is 1.95. The third-order valence-corrected chi connectivity index (χ3v) is 3.52. The van der Waals surface area contributed by atoms with Gasteiger partial charge in [0.2, 0.25) is 0 Å². The van der Waals surface area contributed by atoms with Crippen LogP contribution < -0.4 is 5.73 Å². The van der Waals surface area contributed by atoms with Gasteiger partial charge < -0.3 is 10.6 Å². The third kappa shape index (κ3) is 3.44. The van der Waals surface area contributed by atoms with E-state index in [1.54, 1.807) is 0 Å². The average molecular weight is 224 g/mol. The van der Waals surface area contributed by atoms with Gasteiger partial charge in [-0.25, -0.2) is 0 Å². The van der Waals surface area contributed by atoms with Crippen LogP contribution in [-0.4, -0.2) is 54.6 Å². The second-order valence-corrected chi connectivity index (χ2v) is 5.48. The van der Waals surface area contributed by atoms with Crippen molar-refractivity contribution in [1.29, 1.82) is 5.26 Å². The highest BCUT2D eigenvalue weighted by molar-refractivity contribution is 5.03. The molecule has 92 valence electrons. The molecule has 0 aromatic heterocycles. The van der Waals surface area contributed by atoms with E-state index in [1.165, 1.54) is 6.42 Å². The topological polar surface area (TPSA) is 56.3 Å². The summed E-state index contributed by atoms with van der Waals surface area (Å²) in [5, 5.41) is 8.92. The van der Waals surface area contributed by atoms with E-state index in [1.807, 2.05) is 6.92 Å². The molecule has 0 radical (unpaired) electrons. The quantitative estimate of drug-likeness (QED) is 0.761. The summed E-state index contributed by atoms with van der Waals surface area (Å²) in [6, 6.07) is 3.21. The Labute approximate surface area is 99.0 Å². The maximum atomic E-state index is 8.92. The fourth-order valence-corrected chi connectivity index (χ4v) is 2.38. The molecule has 0 saturated carbocycles. The summed E-state index contributed by atoms with van der Waals surface area (Å²) >= 11 is 0. The Morgan fingerprint density at radius 2 is 2.25 bits per heavy atom. The van der Waals surface area contributed by atoms with Crippen LogP contribution in [0.4, 0.5) is 0 Å². The molecule has 0 aromatic carbocycles. The monoisotopic (exact) mass is 224 g/mol. The molecule has 4 nitrogen and oxygen atoms in total. The van der Waals surface area contributed by atoms with Gasteiger partial charge in [-0.3, -0.25) is 4.90 Å². The van der Waals surface area contributed by atoms with Gasteiger partial charge in [0.1, 0.15) is 5.54 Å². The molecular formula is C12H24N4. The van der Waals surface area contributed by atoms with E-state index < -0.39 is 5.54 Å². The van der Waals surface area contributed by atoms with Gasteiger partial charge in [-0.2, -0.15) is 5.26 Å². The molecule has 1 fully saturated rings. The van der Waals surface area contributed by atoms with Crippen molar-refractivity contribution in [2.24, 2.45) is 5.73 Å². The lowest BCUT2D eigenvalue weighted by molar-refractivity contribution is 0.204. The van der Waals surface area contributed by atoms with Crippen molar-refractivity contribution in [3.8, 4) is 6.07 Å². The van der Waals surface area contributed by atoms with Crippen molar-refractivity contribution in [2.45, 2.75) is 44.3 Å². The molecule has 4 heteroatoms. The molecule has 1 heterocycles. The Balaban J connectivity index is 2.46. The number of rotatable bonds is 4. The minimum absolute atomic E-state index is 0.389. The summed E-state index contributed by atoms with van der Waals surface area (Å²) in [5.74, 6) is 0. The molecule has 0 amide bonds. The number of nitriles is 1. The molecular weight excluding hydrogens is 200 g/mol. The molecule has 1 saturated heterocycles. The molecule has 0 spiro atoms. The third-order valence-electron chi connectivity index (χ3n) is 3.52. The van der Waals surface area contributed by atoms with Crippen molar-refractivity contribution < 1.29 is 0 Å². The molecule has 1 rings (SSSR count). The molecule has 3 atom stereocenters. The first-order valence-corrected chi connectivity index (χ1v) is 5.96. The van der Waals surface area contributed by atoms with Crippen molar-refractivity contribution in [2.75, 3.05) is 27.2 Å². The molecule has 0 aromatic rings. The van der Waals surface area contributed by atoms with Gasteiger partial charge in [0.25, 0.3) is 0 Å². The van der Waals surface area contributed by atoms with Crippen LogP contribution in [0.15, 0.2) is 0 Å². The molecule has 16 heavy (non-hydrogen) atoms. The van der Waals surface area contributed by atoms with Crippen molar-refractivity contribution in [1.82, 2.24) is 9.80 Å². The van der Waals surface area contributed by atoms with Crippen LogP contribution in [-0.2, 0) is 0 Å². The molecule has 3 unspecified atom stereocenters. The Hall–Kier alpha value is -0.630. The van der Waals surface area contributed by atoms with E-state index >= 15 is 0 Å². The first-order chi connectivity index (χ1) is 7.35. The fourth-order valence-electron chi connectivity index (χ4n) is 2.38. The van der Waals surface area contributed by atoms with Crippen molar-refractivity contribution in [3.05, 3.63) is 0 Å². The number of nitrogens with two attached hydrogens (primary N) is 1. The van der Waals surface area contributed by atoms with Crippen LogP contribution in [0, 0.1) is 11.3 Å². The van der Waals surface area contributed by atoms with E-state index in [0.717, 1.165) is 19.5 Å². The predicted octanol–water partition coefficient (Wildman–Crippen LogP) is 0.642. The van der Waals surface area contributed by atoms with E-state index in [-0.39, 0.29) is 0 Å². The Morgan fingerprint density at radius 1 is 1.62 bits per heavy atom. The Morgan fingerprint density at radius 3 is 2.69 bits per heavy atom. The van der Waals surface area contributed by atoms with Gasteiger partial charge >= 0.3 is 0 Å². The van der Waals surface area contributed by atoms with E-state index in [0.29, 0.717) is 12.1 Å². The average Bonchev–Trinajstić information content (AvgIpc) is 2.66. The maximum absolute atomic E-state index is 8.92. The second kappa shape index (κ2) is 5.13. The minimum Gasteiger partial charge on any atom is -0.314 e. The fraction of sp³-hybridized carbons (Fsp3) is 0.917. The molecule has 1 aliphatic heterocycles. The first-order valence-electron chi connectivity index (χ1n) is 5.96. The van der Waals surface area contributed by atoms with Gasteiger partial charge in [-0.05, 0) is 40.8 Å². The predicted molar refractivity (Wildman–Crippen MR) is 65.9 cm³/mol. The zero-order valence-corrected chi connectivity index (χ0v) is 10.9. The largest absolute Gasteiger partial charge is 0.314 e. The van der Waals surface area contributed by atoms with Gasteiger partial charge in [-0.1, -0.05) is 0 Å². The van der Waals surface area contributed by atoms with Gasteiger partial charge in [-0.15, -0.1) is 0 Å². The normalized spacial score (nSPS) is 27.7. The minimum atomic E-state index is -0.699. The second-order valence-electron chi connectivity index (χ2n) is 5.48. The molecule has 0 aliphatic carbocycles. The molecule has 2 N–H and O–H groups in total. The number of nitrogens with zero attached hydrogens (tertiary/aromatic N) is 3. The smallest absolute Gasteiger partial charge is 0.102 e. The highest BCUT2D eigenvalue weighted by atomic mass is 15.2. The van der Waals surface area contributed by atoms with Crippen molar-refractivity contribution in [3.63, 3.8) is 0 Å². The lowest BCUT2D eigenvalue weighted by Crippen LogP contribution is -2.44. The van der Waals surface area contributed by atoms with E-state index in [9.17, 15) is 0 Å². The maximum Gasteiger partial charge on any atom is 0.102 e. The summed E-state index contributed by atoms with van der Waals surface area (Å²) < 4.78 is 0. The van der Waals surface area contributed by atoms with Crippen LogP contribution in [0.25, 0.3) is 0 Å². The Bertz CT molecular complexity index is 267. The van der Waals surface area contributed by atoms with Crippen LogP contribution in [0.3, 0.4) is 0 Å². The zero-order chi connectivity index (χ0) is 12.3. The highest BCUT2D eigenvalue weighted by Crippen LogP contribution is 2.20. The van der Waals surface area contributed by atoms with Gasteiger partial charge in [0, 0.05) is 25.2 Å². The van der Waals surface area contributed by atoms with Crippen LogP contribution >= 0.6 is 0 Å². The zero-order valence-electron chi connectivity index (χ0n) is 10.9. The standard InChI is InChI=1S/C12H24N4/c1-10(7-12(2,14)9-13)16-6-5-11(8-16)15(3)4/h10-11H,5-8,14H2,1-4H3. The number of hydrogen-bond acceptors (Lipinski definition) is 4. The number of hydrogen-bond donors (Lipinski definition) is 1. The molecule has 1 aliphatic rings. The van der Waals surface area contributed by atoms with Crippen LogP contribution in [0.5, 0.6) is 0 Å². The highest BCUT2D eigenvalue weighted by Gasteiger charge is 2.30. The summed E-state index contributed by atoms with van der Waals surface area (Å²) in [6.45, 7) is 6.19. The Kier molecular flexibility index (Phi) is 4.31. The summed E-state index contributed by atoms with van der Waals surface area (Å²) in [7, 11) is 4.25. The number of likely N-dealkylation sites (N-methyl/N-ethyl adjacent to an activating group) is 1. The van der Waals surface area contributed by atoms with Crippen LogP contribution in [0.2, 0.25) is 0 Å². The first kappa shape index (κ1) is 13.4. The van der Waals surface area contributed by atoms with Crippen molar-refractivity contribution >= 4 is 0 Å². The van der Waals surface area contributed by atoms with E-state index in [4.69, 9.17) is 11.0 Å². The van der Waals surface area contributed by atoms with E-state index in [2.05, 4.69) is 36.9 Å². The SMILES string of the molecule is CC(CC(C)(N)C#N)N1CCC(N(C)C)C1. The number of likely N-dealkylation sites (tertiary alicyclic amines) is 1. The lowest BCUT2D eigenvalue weighted by Gasteiger charge is -2.29. The summed E-state index contributed by atoms with van der Waals surface area (Å²) in [4.78, 5) is 4.71. The lowest BCUT2D eigenvalue weighted by atomic mass is 9.96. The van der Waals surface area contributed by atoms with Gasteiger partial charge in [0.15, 0.2) is 0 Å². The van der Waals surface area contributed by atoms with Crippen LogP contribution in [0.1, 0.15) is 26.7 Å².